The van der Waals surface area contributed by atoms with Crippen molar-refractivity contribution in [1.29, 1.82) is 0 Å². The number of hydrogen-bond donors (Lipinski definition) is 1. The number of rotatable bonds is 0. The van der Waals surface area contributed by atoms with Crippen molar-refractivity contribution in [3.63, 3.8) is 0 Å². The SMILES string of the molecule is CC1(C)C[C@@H]2C[C@H]3CC(=O)C[C@@]3(C)[C@@H]2[C@H]1O. The molecule has 5 atom stereocenters. The predicted octanol–water partition coefficient (Wildman–Crippen LogP) is 2.40. The molecular formula is C14H22O2. The molecule has 3 rings (SSSR count). The lowest BCUT2D eigenvalue weighted by Crippen LogP contribution is -2.37. The molecule has 0 aromatic rings. The smallest absolute Gasteiger partial charge is 0.133 e. The lowest BCUT2D eigenvalue weighted by Gasteiger charge is -2.36. The molecule has 1 N–H and O–H groups in total. The van der Waals surface area contributed by atoms with E-state index in [0.29, 0.717) is 30.0 Å². The molecule has 16 heavy (non-hydrogen) atoms. The molecule has 3 aliphatic carbocycles. The summed E-state index contributed by atoms with van der Waals surface area (Å²) in [5.41, 5.74) is 0.157. The molecule has 0 saturated heterocycles. The number of aliphatic hydroxyl groups is 1. The Morgan fingerprint density at radius 1 is 1.31 bits per heavy atom. The van der Waals surface area contributed by atoms with E-state index in [1.807, 2.05) is 0 Å². The lowest BCUT2D eigenvalue weighted by molar-refractivity contribution is -0.118. The minimum absolute atomic E-state index is 0.0505. The summed E-state index contributed by atoms with van der Waals surface area (Å²) in [6.07, 6.45) is 3.59. The molecule has 2 nitrogen and oxygen atoms in total. The highest BCUT2D eigenvalue weighted by Crippen LogP contribution is 2.66. The second kappa shape index (κ2) is 2.90. The fourth-order valence-electron chi connectivity index (χ4n) is 5.05. The van der Waals surface area contributed by atoms with Gasteiger partial charge in [-0.1, -0.05) is 20.8 Å². The maximum atomic E-state index is 11.6. The van der Waals surface area contributed by atoms with Crippen molar-refractivity contribution < 1.29 is 9.90 Å². The van der Waals surface area contributed by atoms with Crippen molar-refractivity contribution in [3.8, 4) is 0 Å². The summed E-state index contributed by atoms with van der Waals surface area (Å²) in [5.74, 6) is 2.01. The number of ketones is 1. The van der Waals surface area contributed by atoms with E-state index in [1.165, 1.54) is 6.42 Å². The molecule has 0 spiro atoms. The Kier molecular flexibility index (Phi) is 1.95. The van der Waals surface area contributed by atoms with Crippen LogP contribution in [0.4, 0.5) is 0 Å². The van der Waals surface area contributed by atoms with Gasteiger partial charge in [-0.3, -0.25) is 4.79 Å². The first-order valence-corrected chi connectivity index (χ1v) is 6.54. The summed E-state index contributed by atoms with van der Waals surface area (Å²) in [5, 5.41) is 10.5. The van der Waals surface area contributed by atoms with E-state index < -0.39 is 0 Å². The van der Waals surface area contributed by atoms with E-state index in [2.05, 4.69) is 20.8 Å². The van der Waals surface area contributed by atoms with Gasteiger partial charge in [-0.05, 0) is 41.4 Å². The molecule has 90 valence electrons. The third-order valence-corrected chi connectivity index (χ3v) is 5.77. The Hall–Kier alpha value is -0.370. The standard InChI is InChI=1S/C14H22O2/c1-13(2)6-8-4-9-5-10(15)7-14(9,3)11(8)12(13)16/h8-9,11-12,16H,4-7H2,1-3H3/t8-,9-,11-,12+,14+/m0/s1. The second-order valence-corrected chi connectivity index (χ2v) is 7.28. The molecule has 0 heterocycles. The minimum Gasteiger partial charge on any atom is -0.392 e. The largest absolute Gasteiger partial charge is 0.392 e. The average molecular weight is 222 g/mol. The van der Waals surface area contributed by atoms with Gasteiger partial charge in [0.15, 0.2) is 0 Å². The van der Waals surface area contributed by atoms with Gasteiger partial charge in [-0.25, -0.2) is 0 Å². The fourth-order valence-corrected chi connectivity index (χ4v) is 5.05. The molecule has 2 heteroatoms. The van der Waals surface area contributed by atoms with Gasteiger partial charge in [0.1, 0.15) is 5.78 Å². The summed E-state index contributed by atoms with van der Waals surface area (Å²) in [6, 6.07) is 0. The monoisotopic (exact) mass is 222 g/mol. The Balaban J connectivity index is 1.96. The van der Waals surface area contributed by atoms with E-state index in [0.717, 1.165) is 12.8 Å². The van der Waals surface area contributed by atoms with Crippen molar-refractivity contribution >= 4 is 5.78 Å². The highest BCUT2D eigenvalue weighted by atomic mass is 16.3. The van der Waals surface area contributed by atoms with Gasteiger partial charge in [0.2, 0.25) is 0 Å². The predicted molar refractivity (Wildman–Crippen MR) is 61.8 cm³/mol. The van der Waals surface area contributed by atoms with E-state index in [-0.39, 0.29) is 16.9 Å². The molecule has 0 aliphatic heterocycles. The van der Waals surface area contributed by atoms with Gasteiger partial charge < -0.3 is 5.11 Å². The maximum absolute atomic E-state index is 11.6. The number of fused-ring (bicyclic) bond motifs is 3. The zero-order valence-corrected chi connectivity index (χ0v) is 10.5. The van der Waals surface area contributed by atoms with Crippen molar-refractivity contribution in [2.24, 2.45) is 28.6 Å². The van der Waals surface area contributed by atoms with E-state index in [9.17, 15) is 9.90 Å². The molecule has 0 aromatic heterocycles. The molecule has 0 bridgehead atoms. The summed E-state index contributed by atoms with van der Waals surface area (Å²) in [4.78, 5) is 11.6. The van der Waals surface area contributed by atoms with Crippen LogP contribution >= 0.6 is 0 Å². The van der Waals surface area contributed by atoms with Crippen LogP contribution in [0.2, 0.25) is 0 Å². The maximum Gasteiger partial charge on any atom is 0.133 e. The molecule has 3 aliphatic rings. The molecule has 3 fully saturated rings. The van der Waals surface area contributed by atoms with Gasteiger partial charge in [0.05, 0.1) is 6.10 Å². The van der Waals surface area contributed by atoms with Crippen LogP contribution in [0.25, 0.3) is 0 Å². The van der Waals surface area contributed by atoms with Crippen molar-refractivity contribution in [3.05, 3.63) is 0 Å². The van der Waals surface area contributed by atoms with Crippen LogP contribution in [0.1, 0.15) is 46.5 Å². The van der Waals surface area contributed by atoms with E-state index >= 15 is 0 Å². The first-order chi connectivity index (χ1) is 7.34. The Morgan fingerprint density at radius 2 is 2.00 bits per heavy atom. The van der Waals surface area contributed by atoms with Crippen molar-refractivity contribution in [1.82, 2.24) is 0 Å². The second-order valence-electron chi connectivity index (χ2n) is 7.28. The highest BCUT2D eigenvalue weighted by Gasteiger charge is 2.64. The molecule has 0 unspecified atom stereocenters. The van der Waals surface area contributed by atoms with Gasteiger partial charge in [-0.2, -0.15) is 0 Å². The summed E-state index contributed by atoms with van der Waals surface area (Å²) in [7, 11) is 0. The molecule has 0 radical (unpaired) electrons. The molecule has 3 saturated carbocycles. The van der Waals surface area contributed by atoms with E-state index in [4.69, 9.17) is 0 Å². The van der Waals surface area contributed by atoms with Crippen LogP contribution in [-0.4, -0.2) is 17.0 Å². The average Bonchev–Trinajstić information content (AvgIpc) is 2.59. The first-order valence-electron chi connectivity index (χ1n) is 6.54. The first kappa shape index (κ1) is 10.8. The number of carbonyl (C=O) groups excluding carboxylic acids is 1. The van der Waals surface area contributed by atoms with Crippen LogP contribution < -0.4 is 0 Å². The van der Waals surface area contributed by atoms with Gasteiger partial charge in [0, 0.05) is 12.8 Å². The summed E-state index contributed by atoms with van der Waals surface area (Å²) < 4.78 is 0. The number of carbonyl (C=O) groups is 1. The highest BCUT2D eigenvalue weighted by molar-refractivity contribution is 5.82. The third kappa shape index (κ3) is 1.14. The van der Waals surface area contributed by atoms with Crippen LogP contribution in [0.5, 0.6) is 0 Å². The lowest BCUT2D eigenvalue weighted by atomic mass is 9.71. The quantitative estimate of drug-likeness (QED) is 0.683. The fraction of sp³-hybridized carbons (Fsp3) is 0.929. The molecule has 0 amide bonds. The zero-order valence-electron chi connectivity index (χ0n) is 10.5. The van der Waals surface area contributed by atoms with Crippen LogP contribution in [0.15, 0.2) is 0 Å². The normalized spacial score (nSPS) is 54.1. The van der Waals surface area contributed by atoms with Gasteiger partial charge >= 0.3 is 0 Å². The number of aliphatic hydroxyl groups excluding tert-OH is 1. The Labute approximate surface area is 97.4 Å². The van der Waals surface area contributed by atoms with Crippen LogP contribution in [0.3, 0.4) is 0 Å². The number of hydrogen-bond acceptors (Lipinski definition) is 2. The van der Waals surface area contributed by atoms with Crippen molar-refractivity contribution in [2.75, 3.05) is 0 Å². The summed E-state index contributed by atoms with van der Waals surface area (Å²) >= 11 is 0. The Bertz CT molecular complexity index is 347. The minimum atomic E-state index is -0.210. The number of Topliss-reactive ketones (excluding diaryl/α,β-unsaturated/α-hetero) is 1. The van der Waals surface area contributed by atoms with E-state index in [1.54, 1.807) is 0 Å². The van der Waals surface area contributed by atoms with Crippen LogP contribution in [-0.2, 0) is 4.79 Å². The Morgan fingerprint density at radius 3 is 2.69 bits per heavy atom. The zero-order chi connectivity index (χ0) is 11.7. The van der Waals surface area contributed by atoms with Gasteiger partial charge in [-0.15, -0.1) is 0 Å². The van der Waals surface area contributed by atoms with Crippen LogP contribution in [0, 0.1) is 28.6 Å². The van der Waals surface area contributed by atoms with Crippen molar-refractivity contribution in [2.45, 2.75) is 52.6 Å². The third-order valence-electron chi connectivity index (χ3n) is 5.77. The van der Waals surface area contributed by atoms with Gasteiger partial charge in [0.25, 0.3) is 0 Å². The topological polar surface area (TPSA) is 37.3 Å². The molecular weight excluding hydrogens is 200 g/mol. The summed E-state index contributed by atoms with van der Waals surface area (Å²) in [6.45, 7) is 6.59. The molecule has 0 aromatic carbocycles.